The second-order valence-electron chi connectivity index (χ2n) is 8.32. The van der Waals surface area contributed by atoms with Crippen molar-refractivity contribution in [3.8, 4) is 17.2 Å². The number of sulfone groups is 1. The summed E-state index contributed by atoms with van der Waals surface area (Å²) in [5.41, 5.74) is 4.86. The smallest absolute Gasteiger partial charge is 0.178 e. The minimum absolute atomic E-state index is 0.112. The van der Waals surface area contributed by atoms with Gasteiger partial charge >= 0.3 is 0 Å². The second kappa shape index (κ2) is 9.05. The summed E-state index contributed by atoms with van der Waals surface area (Å²) >= 11 is 0. The molecule has 4 nitrogen and oxygen atoms in total. The van der Waals surface area contributed by atoms with E-state index in [1.807, 2.05) is 25.1 Å². The Balaban J connectivity index is 1.37. The van der Waals surface area contributed by atoms with Crippen molar-refractivity contribution in [1.29, 1.82) is 5.26 Å². The molecule has 3 aromatic carbocycles. The molecule has 0 bridgehead atoms. The fourth-order valence-electron chi connectivity index (χ4n) is 4.21. The summed E-state index contributed by atoms with van der Waals surface area (Å²) in [5, 5.41) is 9.20. The van der Waals surface area contributed by atoms with Gasteiger partial charge in [-0.05, 0) is 60.2 Å². The van der Waals surface area contributed by atoms with E-state index < -0.39 is 9.84 Å². The van der Waals surface area contributed by atoms with Gasteiger partial charge in [0.2, 0.25) is 0 Å². The molecule has 158 valence electrons. The highest BCUT2D eigenvalue weighted by Gasteiger charge is 2.28. The van der Waals surface area contributed by atoms with E-state index in [9.17, 15) is 13.7 Å². The summed E-state index contributed by atoms with van der Waals surface area (Å²) < 4.78 is 25.8. The summed E-state index contributed by atoms with van der Waals surface area (Å²) in [6.07, 6.45) is 0.873. The first-order valence-electron chi connectivity index (χ1n) is 10.5. The maximum atomic E-state index is 12.9. The van der Waals surface area contributed by atoms with Crippen LogP contribution in [0.3, 0.4) is 0 Å². The molecule has 1 fully saturated rings. The van der Waals surface area contributed by atoms with Crippen LogP contribution < -0.4 is 0 Å². The first-order chi connectivity index (χ1) is 14.9. The minimum atomic E-state index is -3.40. The van der Waals surface area contributed by atoms with Crippen LogP contribution in [-0.4, -0.2) is 32.2 Å². The predicted molar refractivity (Wildman–Crippen MR) is 123 cm³/mol. The van der Waals surface area contributed by atoms with Gasteiger partial charge in [-0.2, -0.15) is 5.26 Å². The van der Waals surface area contributed by atoms with E-state index in [4.69, 9.17) is 0 Å². The van der Waals surface area contributed by atoms with Gasteiger partial charge < -0.3 is 0 Å². The van der Waals surface area contributed by atoms with E-state index in [2.05, 4.69) is 47.4 Å². The Morgan fingerprint density at radius 1 is 1.00 bits per heavy atom. The minimum Gasteiger partial charge on any atom is -0.299 e. The van der Waals surface area contributed by atoms with Crippen LogP contribution >= 0.6 is 0 Å². The van der Waals surface area contributed by atoms with Crippen molar-refractivity contribution >= 4 is 9.84 Å². The average molecular weight is 431 g/mol. The first-order valence-corrected chi connectivity index (χ1v) is 12.2. The van der Waals surface area contributed by atoms with Crippen molar-refractivity contribution in [3.63, 3.8) is 0 Å². The van der Waals surface area contributed by atoms with Gasteiger partial charge in [0.1, 0.15) is 0 Å². The maximum absolute atomic E-state index is 12.9. The zero-order chi connectivity index (χ0) is 21.8. The van der Waals surface area contributed by atoms with Crippen LogP contribution in [0.1, 0.15) is 23.1 Å². The quantitative estimate of drug-likeness (QED) is 0.562. The number of benzene rings is 3. The molecule has 0 amide bonds. The number of likely N-dealkylation sites (tertiary alicyclic amines) is 1. The summed E-state index contributed by atoms with van der Waals surface area (Å²) in [4.78, 5) is 2.58. The highest BCUT2D eigenvalue weighted by atomic mass is 32.2. The van der Waals surface area contributed by atoms with E-state index in [-0.39, 0.29) is 16.6 Å². The van der Waals surface area contributed by atoms with Crippen LogP contribution in [0.25, 0.3) is 11.1 Å². The summed E-state index contributed by atoms with van der Waals surface area (Å²) in [6, 6.07) is 25.8. The number of nitriles is 1. The lowest BCUT2D eigenvalue weighted by atomic mass is 10.0. The Labute approximate surface area is 184 Å². The van der Waals surface area contributed by atoms with Crippen LogP contribution in [0.4, 0.5) is 0 Å². The van der Waals surface area contributed by atoms with Crippen molar-refractivity contribution in [2.75, 3.05) is 18.8 Å². The average Bonchev–Trinajstić information content (AvgIpc) is 3.21. The van der Waals surface area contributed by atoms with Gasteiger partial charge in [0.25, 0.3) is 0 Å². The van der Waals surface area contributed by atoms with E-state index in [0.29, 0.717) is 5.56 Å². The van der Waals surface area contributed by atoms with Gasteiger partial charge in [0.15, 0.2) is 9.84 Å². The number of hydrogen-bond acceptors (Lipinski definition) is 4. The SMILES string of the molecule is Cc1ccc(S(=O)(=O)C[C@@H]2CCN(Cc3ccc(-c4ccccc4)cc3)C2)cc1C#N. The van der Waals surface area contributed by atoms with Crippen LogP contribution in [-0.2, 0) is 16.4 Å². The van der Waals surface area contributed by atoms with Crippen LogP contribution in [0, 0.1) is 24.2 Å². The maximum Gasteiger partial charge on any atom is 0.178 e. The Bertz CT molecular complexity index is 1200. The third-order valence-corrected chi connectivity index (χ3v) is 7.86. The van der Waals surface area contributed by atoms with Crippen molar-refractivity contribution in [2.24, 2.45) is 5.92 Å². The molecule has 0 aromatic heterocycles. The molecule has 0 spiro atoms. The number of rotatable bonds is 6. The number of aryl methyl sites for hydroxylation is 1. The van der Waals surface area contributed by atoms with Gasteiger partial charge in [-0.3, -0.25) is 4.90 Å². The standard InChI is InChI=1S/C26H26N2O2S/c1-20-7-12-26(15-25(20)16-27)31(29,30)19-22-13-14-28(18-22)17-21-8-10-24(11-9-21)23-5-3-2-4-6-23/h2-12,15,22H,13-14,17-19H2,1H3/t22-/m1/s1. The van der Waals surface area contributed by atoms with Gasteiger partial charge in [0, 0.05) is 13.1 Å². The first kappa shape index (κ1) is 21.3. The lowest BCUT2D eigenvalue weighted by molar-refractivity contribution is 0.320. The van der Waals surface area contributed by atoms with Crippen molar-refractivity contribution in [2.45, 2.75) is 24.8 Å². The van der Waals surface area contributed by atoms with E-state index >= 15 is 0 Å². The molecular formula is C26H26N2O2S. The van der Waals surface area contributed by atoms with E-state index in [1.165, 1.54) is 22.8 Å². The molecule has 0 unspecified atom stereocenters. The Morgan fingerprint density at radius 3 is 2.42 bits per heavy atom. The Kier molecular flexibility index (Phi) is 6.22. The summed E-state index contributed by atoms with van der Waals surface area (Å²) in [6.45, 7) is 4.32. The molecular weight excluding hydrogens is 404 g/mol. The molecule has 1 aliphatic heterocycles. The van der Waals surface area contributed by atoms with Crippen LogP contribution in [0.5, 0.6) is 0 Å². The Morgan fingerprint density at radius 2 is 1.71 bits per heavy atom. The summed E-state index contributed by atoms with van der Waals surface area (Å²) in [7, 11) is -3.40. The van der Waals surface area contributed by atoms with Gasteiger partial charge in [-0.1, -0.05) is 60.7 Å². The topological polar surface area (TPSA) is 61.2 Å². The molecule has 1 aliphatic rings. The molecule has 31 heavy (non-hydrogen) atoms. The lowest BCUT2D eigenvalue weighted by Gasteiger charge is -2.17. The zero-order valence-corrected chi connectivity index (χ0v) is 18.5. The molecule has 0 saturated carbocycles. The number of nitrogens with zero attached hydrogens (tertiary/aromatic N) is 2. The van der Waals surface area contributed by atoms with Crippen molar-refractivity contribution in [3.05, 3.63) is 89.5 Å². The molecule has 4 rings (SSSR count). The highest BCUT2D eigenvalue weighted by Crippen LogP contribution is 2.25. The van der Waals surface area contributed by atoms with Crippen LogP contribution in [0.15, 0.2) is 77.7 Å². The summed E-state index contributed by atoms with van der Waals surface area (Å²) in [5.74, 6) is 0.241. The van der Waals surface area contributed by atoms with E-state index in [0.717, 1.165) is 31.6 Å². The molecule has 1 heterocycles. The molecule has 0 aliphatic carbocycles. The predicted octanol–water partition coefficient (Wildman–Crippen LogP) is 4.83. The van der Waals surface area contributed by atoms with Crippen molar-refractivity contribution in [1.82, 2.24) is 4.90 Å². The number of hydrogen-bond donors (Lipinski definition) is 0. The lowest BCUT2D eigenvalue weighted by Crippen LogP contribution is -2.23. The normalized spacial score (nSPS) is 16.8. The molecule has 1 saturated heterocycles. The van der Waals surface area contributed by atoms with E-state index in [1.54, 1.807) is 12.1 Å². The Hall–Kier alpha value is -2.94. The highest BCUT2D eigenvalue weighted by molar-refractivity contribution is 7.91. The monoisotopic (exact) mass is 430 g/mol. The van der Waals surface area contributed by atoms with Gasteiger partial charge in [-0.15, -0.1) is 0 Å². The molecule has 0 radical (unpaired) electrons. The largest absolute Gasteiger partial charge is 0.299 e. The fraction of sp³-hybridized carbons (Fsp3) is 0.269. The third kappa shape index (κ3) is 5.04. The van der Waals surface area contributed by atoms with Crippen molar-refractivity contribution < 1.29 is 8.42 Å². The third-order valence-electron chi connectivity index (χ3n) is 5.98. The molecule has 0 N–H and O–H groups in total. The molecule has 5 heteroatoms. The van der Waals surface area contributed by atoms with Crippen LogP contribution in [0.2, 0.25) is 0 Å². The fourth-order valence-corrected chi connectivity index (χ4v) is 5.86. The second-order valence-corrected chi connectivity index (χ2v) is 10.4. The van der Waals surface area contributed by atoms with Gasteiger partial charge in [-0.25, -0.2) is 8.42 Å². The molecule has 3 aromatic rings. The van der Waals surface area contributed by atoms with Gasteiger partial charge in [0.05, 0.1) is 22.3 Å². The molecule has 1 atom stereocenters. The zero-order valence-electron chi connectivity index (χ0n) is 17.7.